The normalized spacial score (nSPS) is 12.3. The fourth-order valence-corrected chi connectivity index (χ4v) is 7.29. The van der Waals surface area contributed by atoms with E-state index in [1.807, 2.05) is 102 Å². The number of amides is 1. The van der Waals surface area contributed by atoms with Crippen molar-refractivity contribution in [1.82, 2.24) is 39.0 Å². The summed E-state index contributed by atoms with van der Waals surface area (Å²) in [5, 5.41) is 7.48. The largest absolute Gasteiger partial charge is 0.494 e. The number of likely N-dealkylation sites (N-methyl/N-ethyl adjacent to an activating group) is 2. The summed E-state index contributed by atoms with van der Waals surface area (Å²) in [7, 11) is 9.48. The summed E-state index contributed by atoms with van der Waals surface area (Å²) in [4.78, 5) is 66.1. The van der Waals surface area contributed by atoms with Crippen LogP contribution in [-0.2, 0) is 23.8 Å². The minimum atomic E-state index is -0.560. The van der Waals surface area contributed by atoms with E-state index in [-0.39, 0.29) is 28.2 Å². The summed E-state index contributed by atoms with van der Waals surface area (Å²) in [6, 6.07) is 20.9. The molecular formula is C48H53N11O4. The number of nitrogens with zero attached hydrogens (tertiary/aromatic N) is 7. The standard InChI is InChI=1S/C48H53N11O4/c1-30(27-59-41(21-31-15-11-10-12-16-31)45(61)54-38(46(59)62)23-37-43(48(2,3)4)52-29-51-37)44(60)53-35-22-36(42(63-9)24-40(35)57(7)20-19-56(5)6)55-47-49-25-32(26-50-47)34-28-58(8)39-18-14-13-17-33(34)39/h10-18,21-26,28-29H,1,19-20,27H2,2-9H3,(H,51,52)(H,53,60)(H,54,61)(H,49,50,55)/b38-23-,41-21-. The molecule has 63 heavy (non-hydrogen) atoms. The van der Waals surface area contributed by atoms with E-state index in [2.05, 4.69) is 69.9 Å². The molecule has 0 aliphatic carbocycles. The fourth-order valence-electron chi connectivity index (χ4n) is 7.29. The van der Waals surface area contributed by atoms with Gasteiger partial charge in [0.05, 0.1) is 42.7 Å². The van der Waals surface area contributed by atoms with Crippen LogP contribution < -0.4 is 42.1 Å². The number of rotatable bonds is 14. The van der Waals surface area contributed by atoms with Crippen molar-refractivity contribution in [1.29, 1.82) is 0 Å². The summed E-state index contributed by atoms with van der Waals surface area (Å²) < 4.78 is 9.20. The summed E-state index contributed by atoms with van der Waals surface area (Å²) in [6.07, 6.45) is 10.3. The van der Waals surface area contributed by atoms with E-state index in [1.165, 1.54) is 4.57 Å². The Hall–Kier alpha value is -7.52. The minimum absolute atomic E-state index is 0.0130. The van der Waals surface area contributed by atoms with Gasteiger partial charge in [0.2, 0.25) is 5.95 Å². The second-order valence-corrected chi connectivity index (χ2v) is 16.7. The predicted octanol–water partition coefficient (Wildman–Crippen LogP) is 5.11. The Morgan fingerprint density at radius 2 is 1.65 bits per heavy atom. The first-order valence-corrected chi connectivity index (χ1v) is 20.5. The van der Waals surface area contributed by atoms with Crippen LogP contribution in [0.1, 0.15) is 37.7 Å². The van der Waals surface area contributed by atoms with Crippen LogP contribution in [0.4, 0.5) is 23.0 Å². The highest BCUT2D eigenvalue weighted by molar-refractivity contribution is 6.05. The molecule has 7 aromatic rings. The van der Waals surface area contributed by atoms with Crippen molar-refractivity contribution < 1.29 is 9.53 Å². The van der Waals surface area contributed by atoms with Crippen LogP contribution in [0.5, 0.6) is 5.75 Å². The number of methoxy groups -OCH3 is 1. The Kier molecular flexibility index (Phi) is 12.6. The van der Waals surface area contributed by atoms with Crippen molar-refractivity contribution in [2.24, 2.45) is 7.05 Å². The third-order valence-electron chi connectivity index (χ3n) is 10.7. The Morgan fingerprint density at radius 1 is 0.937 bits per heavy atom. The molecule has 0 spiro atoms. The van der Waals surface area contributed by atoms with E-state index in [0.717, 1.165) is 34.3 Å². The van der Waals surface area contributed by atoms with Crippen LogP contribution in [0.15, 0.2) is 113 Å². The summed E-state index contributed by atoms with van der Waals surface area (Å²) in [5.74, 6) is 0.252. The smallest absolute Gasteiger partial charge is 0.275 e. The molecule has 4 aromatic heterocycles. The van der Waals surface area contributed by atoms with Crippen molar-refractivity contribution in [3.05, 3.63) is 152 Å². The fraction of sp³-hybridized carbons (Fsp3) is 0.250. The second-order valence-electron chi connectivity index (χ2n) is 16.7. The number of carbonyl (C=O) groups is 1. The minimum Gasteiger partial charge on any atom is -0.494 e. The van der Waals surface area contributed by atoms with Crippen molar-refractivity contribution >= 4 is 52.0 Å². The molecule has 15 heteroatoms. The SMILES string of the molecule is C=C(Cn1c(=O)/c(=C/c2nc[nH]c2C(C)(C)C)[nH]c(=O)/c1=C/c1ccccc1)C(=O)Nc1cc(Nc2ncc(-c3cn(C)c4ccccc34)cn2)c(OC)cc1N(C)CCN(C)C. The maximum Gasteiger partial charge on any atom is 0.275 e. The third-order valence-corrected chi connectivity index (χ3v) is 10.7. The van der Waals surface area contributed by atoms with E-state index < -0.39 is 17.0 Å². The van der Waals surface area contributed by atoms with Gasteiger partial charge in [0.25, 0.3) is 17.0 Å². The molecule has 0 saturated carbocycles. The maximum atomic E-state index is 14.3. The molecule has 4 N–H and O–H groups in total. The van der Waals surface area contributed by atoms with Gasteiger partial charge < -0.3 is 39.7 Å². The summed E-state index contributed by atoms with van der Waals surface area (Å²) in [6.45, 7) is 11.2. The average Bonchev–Trinajstić information content (AvgIpc) is 3.88. The molecule has 0 radical (unpaired) electrons. The highest BCUT2D eigenvalue weighted by atomic mass is 16.5. The Bertz CT molecular complexity index is 3050. The van der Waals surface area contributed by atoms with Crippen LogP contribution >= 0.6 is 0 Å². The van der Waals surface area contributed by atoms with Crippen LogP contribution in [0, 0.1) is 0 Å². The lowest BCUT2D eigenvalue weighted by molar-refractivity contribution is -0.113. The third kappa shape index (κ3) is 9.68. The number of carbonyl (C=O) groups excluding carboxylic acids is 1. The molecule has 324 valence electrons. The topological polar surface area (TPSA) is 171 Å². The summed E-state index contributed by atoms with van der Waals surface area (Å²) >= 11 is 0. The van der Waals surface area contributed by atoms with Gasteiger partial charge in [0, 0.05) is 90.6 Å². The van der Waals surface area contributed by atoms with Gasteiger partial charge in [-0.25, -0.2) is 15.0 Å². The van der Waals surface area contributed by atoms with Crippen LogP contribution in [0.3, 0.4) is 0 Å². The van der Waals surface area contributed by atoms with E-state index in [1.54, 1.807) is 44.0 Å². The van der Waals surface area contributed by atoms with E-state index in [4.69, 9.17) is 4.74 Å². The van der Waals surface area contributed by atoms with Gasteiger partial charge in [-0.15, -0.1) is 0 Å². The van der Waals surface area contributed by atoms with Gasteiger partial charge in [-0.05, 0) is 43.9 Å². The van der Waals surface area contributed by atoms with Crippen molar-refractivity contribution in [2.45, 2.75) is 32.7 Å². The molecular weight excluding hydrogens is 795 g/mol. The molecule has 4 heterocycles. The van der Waals surface area contributed by atoms with Crippen LogP contribution in [-0.4, -0.2) is 86.2 Å². The predicted molar refractivity (Wildman–Crippen MR) is 251 cm³/mol. The molecule has 0 fully saturated rings. The number of para-hydroxylation sites is 1. The van der Waals surface area contributed by atoms with Gasteiger partial charge in [0.1, 0.15) is 16.4 Å². The lowest BCUT2D eigenvalue weighted by atomic mass is 9.90. The lowest BCUT2D eigenvalue weighted by Gasteiger charge is -2.26. The number of fused-ring (bicyclic) bond motifs is 1. The van der Waals surface area contributed by atoms with Gasteiger partial charge in [-0.1, -0.05) is 75.9 Å². The molecule has 3 aromatic carbocycles. The molecule has 1 amide bonds. The van der Waals surface area contributed by atoms with Gasteiger partial charge in [-0.2, -0.15) is 0 Å². The summed E-state index contributed by atoms with van der Waals surface area (Å²) in [5.41, 5.74) is 5.26. The number of hydrogen-bond donors (Lipinski definition) is 4. The van der Waals surface area contributed by atoms with Crippen LogP contribution in [0.25, 0.3) is 34.2 Å². The Morgan fingerprint density at radius 3 is 2.35 bits per heavy atom. The highest BCUT2D eigenvalue weighted by Gasteiger charge is 2.22. The molecule has 7 rings (SSSR count). The molecule has 0 aliphatic heterocycles. The van der Waals surface area contributed by atoms with E-state index >= 15 is 0 Å². The number of H-pyrrole nitrogens is 2. The average molecular weight is 848 g/mol. The van der Waals surface area contributed by atoms with E-state index in [9.17, 15) is 14.4 Å². The number of aromatic nitrogens is 7. The molecule has 15 nitrogen and oxygen atoms in total. The lowest BCUT2D eigenvalue weighted by Crippen LogP contribution is -2.53. The Labute approximate surface area is 365 Å². The maximum absolute atomic E-state index is 14.3. The molecule has 0 unspecified atom stereocenters. The highest BCUT2D eigenvalue weighted by Crippen LogP contribution is 2.38. The van der Waals surface area contributed by atoms with Crippen molar-refractivity contribution in [2.75, 3.05) is 56.9 Å². The first-order chi connectivity index (χ1) is 30.1. The van der Waals surface area contributed by atoms with Gasteiger partial charge in [-0.3, -0.25) is 19.0 Å². The number of anilines is 4. The zero-order valence-corrected chi connectivity index (χ0v) is 36.9. The zero-order chi connectivity index (χ0) is 45.0. The zero-order valence-electron chi connectivity index (χ0n) is 36.9. The molecule has 0 atom stereocenters. The second kappa shape index (κ2) is 18.2. The number of benzene rings is 3. The Balaban J connectivity index is 1.24. The first kappa shape index (κ1) is 43.6. The number of nitrogens with one attached hydrogen (secondary N) is 4. The quantitative estimate of drug-likeness (QED) is 0.108. The molecule has 0 aliphatic rings. The van der Waals surface area contributed by atoms with Crippen molar-refractivity contribution in [3.63, 3.8) is 0 Å². The monoisotopic (exact) mass is 847 g/mol. The first-order valence-electron chi connectivity index (χ1n) is 20.5. The number of imidazole rings is 1. The number of aryl methyl sites for hydroxylation is 1. The van der Waals surface area contributed by atoms with Crippen molar-refractivity contribution in [3.8, 4) is 16.9 Å². The van der Waals surface area contributed by atoms with Gasteiger partial charge in [0.15, 0.2) is 0 Å². The number of ether oxygens (including phenoxy) is 1. The molecule has 0 bridgehead atoms. The van der Waals surface area contributed by atoms with E-state index in [0.29, 0.717) is 46.6 Å². The number of aromatic amines is 2. The van der Waals surface area contributed by atoms with Gasteiger partial charge >= 0.3 is 0 Å². The molecule has 0 saturated heterocycles. The van der Waals surface area contributed by atoms with Crippen LogP contribution in [0.2, 0.25) is 0 Å². The number of hydrogen-bond acceptors (Lipinski definition) is 10.